The number of hydrogen-bond donors (Lipinski definition) is 2. The summed E-state index contributed by atoms with van der Waals surface area (Å²) in [6.45, 7) is 5.57. The number of ether oxygens (including phenoxy) is 2. The summed E-state index contributed by atoms with van der Waals surface area (Å²) < 4.78 is 23.7. The summed E-state index contributed by atoms with van der Waals surface area (Å²) in [5.41, 5.74) is 0.182. The van der Waals surface area contributed by atoms with Crippen LogP contribution in [0.1, 0.15) is 58.4 Å². The van der Waals surface area contributed by atoms with Crippen molar-refractivity contribution < 1.29 is 28.4 Å². The number of nitrogens with zero attached hydrogens (tertiary/aromatic N) is 1. The van der Waals surface area contributed by atoms with Crippen molar-refractivity contribution in [1.82, 2.24) is 15.5 Å². The molecule has 0 radical (unpaired) electrons. The minimum Gasteiger partial charge on any atom is -0.616 e. The van der Waals surface area contributed by atoms with Crippen molar-refractivity contribution >= 4 is 40.8 Å². The molecule has 3 atom stereocenters. The fourth-order valence-electron chi connectivity index (χ4n) is 4.54. The van der Waals surface area contributed by atoms with Gasteiger partial charge in [-0.05, 0) is 51.3 Å². The van der Waals surface area contributed by atoms with E-state index in [2.05, 4.69) is 10.6 Å². The summed E-state index contributed by atoms with van der Waals surface area (Å²) in [7, 11) is 1.59. The number of benzene rings is 1. The first-order valence-electron chi connectivity index (χ1n) is 13.2. The largest absolute Gasteiger partial charge is 0.616 e. The summed E-state index contributed by atoms with van der Waals surface area (Å²) in [4.78, 5) is 40.6. The van der Waals surface area contributed by atoms with Gasteiger partial charge in [-0.3, -0.25) is 14.5 Å². The first-order chi connectivity index (χ1) is 18.1. The van der Waals surface area contributed by atoms with Crippen molar-refractivity contribution in [1.29, 1.82) is 0 Å². The zero-order valence-corrected chi connectivity index (χ0v) is 24.5. The van der Waals surface area contributed by atoms with E-state index in [0.29, 0.717) is 29.0 Å². The molecule has 2 N–H and O–H groups in total. The molecular formula is C27H41N3O6S2. The third kappa shape index (κ3) is 9.57. The molecule has 1 aromatic carbocycles. The Morgan fingerprint density at radius 3 is 2.47 bits per heavy atom. The fraction of sp³-hybridized carbons (Fsp3) is 0.667. The molecule has 3 rings (SSSR count). The zero-order valence-electron chi connectivity index (χ0n) is 22.8. The lowest BCUT2D eigenvalue weighted by Gasteiger charge is -2.29. The van der Waals surface area contributed by atoms with Crippen LogP contribution in [-0.4, -0.2) is 75.3 Å². The molecule has 1 heterocycles. The van der Waals surface area contributed by atoms with Crippen molar-refractivity contribution in [3.8, 4) is 5.75 Å². The monoisotopic (exact) mass is 567 g/mol. The normalized spacial score (nSPS) is 19.9. The van der Waals surface area contributed by atoms with Crippen LogP contribution in [-0.2, 0) is 32.0 Å². The van der Waals surface area contributed by atoms with Crippen LogP contribution in [0.4, 0.5) is 4.79 Å². The SMILES string of the molecule is COc1ccc(CNC(=O)[C@H](C[S+]([O-])CC2CCCCC2)NC(=O)[C@@H]2CSCN2C(=O)OC(C)(C)C)cc1. The molecule has 1 saturated carbocycles. The van der Waals surface area contributed by atoms with Crippen LogP contribution in [0.25, 0.3) is 0 Å². The van der Waals surface area contributed by atoms with E-state index in [1.54, 1.807) is 27.9 Å². The lowest BCUT2D eigenvalue weighted by Crippen LogP contribution is -2.56. The molecule has 11 heteroatoms. The molecule has 1 saturated heterocycles. The topological polar surface area (TPSA) is 120 Å². The molecule has 1 aliphatic heterocycles. The van der Waals surface area contributed by atoms with Gasteiger partial charge in [-0.25, -0.2) is 4.79 Å². The molecule has 1 aliphatic carbocycles. The van der Waals surface area contributed by atoms with Gasteiger partial charge >= 0.3 is 6.09 Å². The lowest BCUT2D eigenvalue weighted by atomic mass is 9.91. The summed E-state index contributed by atoms with van der Waals surface area (Å²) in [5, 5.41) is 5.67. The van der Waals surface area contributed by atoms with Crippen molar-refractivity contribution in [3.05, 3.63) is 29.8 Å². The quantitative estimate of drug-likeness (QED) is 0.416. The second-order valence-corrected chi connectivity index (χ2v) is 13.4. The first-order valence-corrected chi connectivity index (χ1v) is 15.8. The smallest absolute Gasteiger partial charge is 0.411 e. The van der Waals surface area contributed by atoms with Crippen LogP contribution in [0.15, 0.2) is 24.3 Å². The molecule has 1 aromatic rings. The van der Waals surface area contributed by atoms with E-state index in [0.717, 1.165) is 31.2 Å². The van der Waals surface area contributed by atoms with Gasteiger partial charge < -0.3 is 24.7 Å². The van der Waals surface area contributed by atoms with Gasteiger partial charge in [-0.1, -0.05) is 42.6 Å². The highest BCUT2D eigenvalue weighted by atomic mass is 32.2. The minimum atomic E-state index is -1.27. The van der Waals surface area contributed by atoms with Gasteiger partial charge in [0.05, 0.1) is 13.0 Å². The summed E-state index contributed by atoms with van der Waals surface area (Å²) in [6.07, 6.45) is 5.04. The molecule has 3 amide bonds. The fourth-order valence-corrected chi connectivity index (χ4v) is 7.28. The Hall–Kier alpha value is -2.11. The molecule has 0 spiro atoms. The van der Waals surface area contributed by atoms with Crippen LogP contribution in [0, 0.1) is 5.92 Å². The van der Waals surface area contributed by atoms with Crippen LogP contribution >= 0.6 is 11.8 Å². The standard InChI is InChI=1S/C27H41N3O6S2/c1-27(2,3)36-26(33)30-18-37-15-23(30)25(32)29-22(17-38(34)16-20-8-6-5-7-9-20)24(31)28-14-19-10-12-21(35-4)13-11-19/h10-13,20,22-23H,5-9,14-18H2,1-4H3,(H,28,31)(H,29,32)/t22-,23-,38?/m0/s1. The third-order valence-corrected chi connectivity index (χ3v) is 9.13. The Kier molecular flexibility index (Phi) is 11.5. The lowest BCUT2D eigenvalue weighted by molar-refractivity contribution is -0.130. The van der Waals surface area contributed by atoms with E-state index in [9.17, 15) is 18.9 Å². The van der Waals surface area contributed by atoms with Gasteiger partial charge in [-0.15, -0.1) is 11.8 Å². The van der Waals surface area contributed by atoms with Crippen molar-refractivity contribution in [2.45, 2.75) is 77.1 Å². The maximum atomic E-state index is 13.3. The van der Waals surface area contributed by atoms with Gasteiger partial charge in [0.25, 0.3) is 0 Å². The van der Waals surface area contributed by atoms with Crippen LogP contribution in [0.3, 0.4) is 0 Å². The minimum absolute atomic E-state index is 0.0307. The molecule has 38 heavy (non-hydrogen) atoms. The summed E-state index contributed by atoms with van der Waals surface area (Å²) >= 11 is 0.178. The highest BCUT2D eigenvalue weighted by Gasteiger charge is 2.39. The van der Waals surface area contributed by atoms with Crippen molar-refractivity contribution in [3.63, 3.8) is 0 Å². The second kappa shape index (κ2) is 14.3. The van der Waals surface area contributed by atoms with Gasteiger partial charge in [0.15, 0.2) is 6.04 Å². The maximum absolute atomic E-state index is 13.3. The molecule has 2 aliphatic rings. The Balaban J connectivity index is 1.66. The van der Waals surface area contributed by atoms with Crippen LogP contribution in [0.2, 0.25) is 0 Å². The number of methoxy groups -OCH3 is 1. The highest BCUT2D eigenvalue weighted by molar-refractivity contribution is 7.99. The average Bonchev–Trinajstić information content (AvgIpc) is 3.37. The van der Waals surface area contributed by atoms with E-state index < -0.39 is 46.8 Å². The highest BCUT2D eigenvalue weighted by Crippen LogP contribution is 2.26. The zero-order chi connectivity index (χ0) is 27.7. The van der Waals surface area contributed by atoms with Crippen molar-refractivity contribution in [2.24, 2.45) is 5.92 Å². The number of thioether (sulfide) groups is 1. The Labute approximate surface area is 233 Å². The number of hydrogen-bond acceptors (Lipinski definition) is 7. The maximum Gasteiger partial charge on any atom is 0.411 e. The second-order valence-electron chi connectivity index (χ2n) is 10.9. The van der Waals surface area contributed by atoms with Crippen LogP contribution < -0.4 is 15.4 Å². The summed E-state index contributed by atoms with van der Waals surface area (Å²) in [5.74, 6) is 1.54. The van der Waals surface area contributed by atoms with E-state index in [1.807, 2.05) is 24.3 Å². The Bertz CT molecular complexity index is 934. The summed E-state index contributed by atoms with van der Waals surface area (Å²) in [6, 6.07) is 5.58. The van der Waals surface area contributed by atoms with E-state index in [1.165, 1.54) is 23.1 Å². The Morgan fingerprint density at radius 2 is 1.84 bits per heavy atom. The predicted molar refractivity (Wildman–Crippen MR) is 150 cm³/mol. The van der Waals surface area contributed by atoms with Crippen LogP contribution in [0.5, 0.6) is 5.75 Å². The number of rotatable bonds is 10. The number of nitrogens with one attached hydrogen (secondary N) is 2. The molecule has 0 bridgehead atoms. The van der Waals surface area contributed by atoms with E-state index >= 15 is 0 Å². The van der Waals surface area contributed by atoms with Gasteiger partial charge in [0.1, 0.15) is 28.9 Å². The molecular weight excluding hydrogens is 526 g/mol. The third-order valence-electron chi connectivity index (χ3n) is 6.57. The Morgan fingerprint density at radius 1 is 1.16 bits per heavy atom. The molecule has 2 fully saturated rings. The number of carbonyl (C=O) groups is 3. The van der Waals surface area contributed by atoms with E-state index in [4.69, 9.17) is 9.47 Å². The first kappa shape index (κ1) is 30.4. The molecule has 0 aromatic heterocycles. The van der Waals surface area contributed by atoms with Crippen molar-refractivity contribution in [2.75, 3.05) is 30.2 Å². The molecule has 1 unspecified atom stereocenters. The van der Waals surface area contributed by atoms with Gasteiger partial charge in [0, 0.05) is 18.2 Å². The predicted octanol–water partition coefficient (Wildman–Crippen LogP) is 3.44. The van der Waals surface area contributed by atoms with E-state index in [-0.39, 0.29) is 12.3 Å². The average molecular weight is 568 g/mol. The number of amides is 3. The number of carbonyl (C=O) groups excluding carboxylic acids is 3. The molecule has 212 valence electrons. The van der Waals surface area contributed by atoms with Gasteiger partial charge in [-0.2, -0.15) is 0 Å². The molecule has 9 nitrogen and oxygen atoms in total. The van der Waals surface area contributed by atoms with Gasteiger partial charge in [0.2, 0.25) is 11.8 Å².